The molecule has 0 atom stereocenters. The highest BCUT2D eigenvalue weighted by molar-refractivity contribution is 7.92. The van der Waals surface area contributed by atoms with Crippen molar-refractivity contribution in [2.75, 3.05) is 10.8 Å². The minimum absolute atomic E-state index is 0.0466. The van der Waals surface area contributed by atoms with Gasteiger partial charge < -0.3 is 5.11 Å². The molecular weight excluding hydrogens is 398 g/mol. The van der Waals surface area contributed by atoms with Crippen LogP contribution in [0.4, 0.5) is 5.69 Å². The fourth-order valence-corrected chi connectivity index (χ4v) is 4.90. The molecule has 0 spiro atoms. The van der Waals surface area contributed by atoms with E-state index in [-0.39, 0.29) is 4.90 Å². The highest BCUT2D eigenvalue weighted by Gasteiger charge is 2.29. The van der Waals surface area contributed by atoms with Gasteiger partial charge in [0.15, 0.2) is 0 Å². The molecule has 4 aromatic rings. The van der Waals surface area contributed by atoms with Gasteiger partial charge in [0.1, 0.15) is 6.54 Å². The topological polar surface area (TPSA) is 74.7 Å². The zero-order valence-corrected chi connectivity index (χ0v) is 16.8. The molecule has 4 rings (SSSR count). The Bertz CT molecular complexity index is 1320. The van der Waals surface area contributed by atoms with Crippen molar-refractivity contribution in [3.05, 3.63) is 97.1 Å². The summed E-state index contributed by atoms with van der Waals surface area (Å²) in [6.07, 6.45) is 0. The van der Waals surface area contributed by atoms with Crippen LogP contribution in [-0.2, 0) is 14.8 Å². The zero-order chi connectivity index (χ0) is 21.1. The van der Waals surface area contributed by atoms with Crippen LogP contribution < -0.4 is 4.31 Å². The first kappa shape index (κ1) is 19.7. The summed E-state index contributed by atoms with van der Waals surface area (Å²) < 4.78 is 28.1. The number of hydrogen-bond donors (Lipinski definition) is 1. The predicted molar refractivity (Wildman–Crippen MR) is 118 cm³/mol. The lowest BCUT2D eigenvalue weighted by molar-refractivity contribution is -0.135. The quantitative estimate of drug-likeness (QED) is 0.490. The molecule has 0 saturated carbocycles. The molecule has 0 aliphatic rings. The number of fused-ring (bicyclic) bond motifs is 1. The maximum atomic E-state index is 13.6. The van der Waals surface area contributed by atoms with E-state index in [9.17, 15) is 18.3 Å². The van der Waals surface area contributed by atoms with E-state index >= 15 is 0 Å². The van der Waals surface area contributed by atoms with Crippen LogP contribution in [0.2, 0.25) is 0 Å². The average Bonchev–Trinajstić information content (AvgIpc) is 2.77. The summed E-state index contributed by atoms with van der Waals surface area (Å²) in [5, 5.41) is 11.2. The molecule has 0 unspecified atom stereocenters. The Hall–Kier alpha value is -3.64. The van der Waals surface area contributed by atoms with E-state index in [1.54, 1.807) is 36.4 Å². The van der Waals surface area contributed by atoms with Gasteiger partial charge in [0.05, 0.1) is 10.6 Å². The van der Waals surface area contributed by atoms with Crippen LogP contribution in [0.3, 0.4) is 0 Å². The molecule has 150 valence electrons. The number of carbonyl (C=O) groups is 1. The maximum absolute atomic E-state index is 13.6. The minimum atomic E-state index is -4.12. The second kappa shape index (κ2) is 8.00. The van der Waals surface area contributed by atoms with E-state index in [2.05, 4.69) is 0 Å². The first-order valence-electron chi connectivity index (χ1n) is 9.34. The highest BCUT2D eigenvalue weighted by Crippen LogP contribution is 2.34. The minimum Gasteiger partial charge on any atom is -0.480 e. The largest absolute Gasteiger partial charge is 0.480 e. The van der Waals surface area contributed by atoms with Crippen LogP contribution >= 0.6 is 0 Å². The molecule has 0 heterocycles. The SMILES string of the molecule is O=C(O)CN(c1ccccc1-c1ccccc1)S(=O)(=O)c1ccc2ccccc2c1. The van der Waals surface area contributed by atoms with Crippen molar-refractivity contribution < 1.29 is 18.3 Å². The van der Waals surface area contributed by atoms with Crippen LogP contribution in [0.25, 0.3) is 21.9 Å². The summed E-state index contributed by atoms with van der Waals surface area (Å²) in [6.45, 7) is -0.682. The number of benzene rings is 4. The molecule has 0 amide bonds. The summed E-state index contributed by atoms with van der Waals surface area (Å²) in [7, 11) is -4.12. The molecule has 4 aromatic carbocycles. The Labute approximate surface area is 174 Å². The number of carboxylic acids is 1. The molecule has 0 aliphatic carbocycles. The first-order chi connectivity index (χ1) is 14.5. The van der Waals surface area contributed by atoms with E-state index < -0.39 is 22.5 Å². The first-order valence-corrected chi connectivity index (χ1v) is 10.8. The van der Waals surface area contributed by atoms with Crippen molar-refractivity contribution in [2.45, 2.75) is 4.90 Å². The molecule has 0 fully saturated rings. The third-order valence-electron chi connectivity index (χ3n) is 4.85. The van der Waals surface area contributed by atoms with Crippen molar-refractivity contribution in [2.24, 2.45) is 0 Å². The number of nitrogens with zero attached hydrogens (tertiary/aromatic N) is 1. The Kier molecular flexibility index (Phi) is 5.25. The lowest BCUT2D eigenvalue weighted by atomic mass is 10.0. The van der Waals surface area contributed by atoms with Gasteiger partial charge in [0, 0.05) is 5.56 Å². The molecule has 30 heavy (non-hydrogen) atoms. The van der Waals surface area contributed by atoms with Gasteiger partial charge in [-0.2, -0.15) is 0 Å². The third-order valence-corrected chi connectivity index (χ3v) is 6.60. The zero-order valence-electron chi connectivity index (χ0n) is 16.0. The van der Waals surface area contributed by atoms with Crippen molar-refractivity contribution in [3.8, 4) is 11.1 Å². The van der Waals surface area contributed by atoms with Gasteiger partial charge in [-0.1, -0.05) is 78.9 Å². The molecular formula is C24H19NO4S. The summed E-state index contributed by atoms with van der Waals surface area (Å²) in [6, 6.07) is 28.5. The van der Waals surface area contributed by atoms with Crippen LogP contribution in [0, 0.1) is 0 Å². The third kappa shape index (κ3) is 3.77. The van der Waals surface area contributed by atoms with Crippen molar-refractivity contribution in [1.82, 2.24) is 0 Å². The fourth-order valence-electron chi connectivity index (χ4n) is 3.43. The van der Waals surface area contributed by atoms with E-state index in [0.29, 0.717) is 11.3 Å². The number of sulfonamides is 1. The maximum Gasteiger partial charge on any atom is 0.324 e. The van der Waals surface area contributed by atoms with Crippen LogP contribution in [0.15, 0.2) is 102 Å². The number of anilines is 1. The van der Waals surface area contributed by atoms with Gasteiger partial charge >= 0.3 is 5.97 Å². The number of rotatable bonds is 6. The lowest BCUT2D eigenvalue weighted by Crippen LogP contribution is -2.36. The average molecular weight is 417 g/mol. The normalized spacial score (nSPS) is 11.3. The smallest absolute Gasteiger partial charge is 0.324 e. The van der Waals surface area contributed by atoms with E-state index in [4.69, 9.17) is 0 Å². The summed E-state index contributed by atoms with van der Waals surface area (Å²) >= 11 is 0. The summed E-state index contributed by atoms with van der Waals surface area (Å²) in [4.78, 5) is 11.7. The predicted octanol–water partition coefficient (Wildman–Crippen LogP) is 4.79. The standard InChI is InChI=1S/C24H19NO4S/c26-24(27)17-25(23-13-7-6-12-22(23)19-9-2-1-3-10-19)30(28,29)21-15-14-18-8-4-5-11-20(18)16-21/h1-16H,17H2,(H,26,27). The molecule has 5 nitrogen and oxygen atoms in total. The molecule has 0 bridgehead atoms. The monoisotopic (exact) mass is 417 g/mol. The van der Waals surface area contributed by atoms with Crippen LogP contribution in [-0.4, -0.2) is 26.0 Å². The summed E-state index contributed by atoms with van der Waals surface area (Å²) in [5.41, 5.74) is 1.76. The van der Waals surface area contributed by atoms with Gasteiger partial charge in [-0.15, -0.1) is 0 Å². The Morgan fingerprint density at radius 3 is 2.13 bits per heavy atom. The van der Waals surface area contributed by atoms with Gasteiger partial charge in [0.2, 0.25) is 0 Å². The Morgan fingerprint density at radius 1 is 0.767 bits per heavy atom. The highest BCUT2D eigenvalue weighted by atomic mass is 32.2. The van der Waals surface area contributed by atoms with Gasteiger partial charge in [-0.25, -0.2) is 8.42 Å². The van der Waals surface area contributed by atoms with Gasteiger partial charge in [0.25, 0.3) is 10.0 Å². The van der Waals surface area contributed by atoms with Crippen molar-refractivity contribution in [3.63, 3.8) is 0 Å². The molecule has 0 radical (unpaired) electrons. The molecule has 1 N–H and O–H groups in total. The number of hydrogen-bond acceptors (Lipinski definition) is 3. The Morgan fingerprint density at radius 2 is 1.40 bits per heavy atom. The van der Waals surface area contributed by atoms with E-state index in [1.807, 2.05) is 54.6 Å². The van der Waals surface area contributed by atoms with Crippen LogP contribution in [0.1, 0.15) is 0 Å². The fraction of sp³-hybridized carbons (Fsp3) is 0.0417. The molecule has 0 aromatic heterocycles. The number of aliphatic carboxylic acids is 1. The molecule has 0 aliphatic heterocycles. The van der Waals surface area contributed by atoms with Crippen molar-refractivity contribution in [1.29, 1.82) is 0 Å². The van der Waals surface area contributed by atoms with Gasteiger partial charge in [-0.3, -0.25) is 9.10 Å². The molecule has 6 heteroatoms. The van der Waals surface area contributed by atoms with Gasteiger partial charge in [-0.05, 0) is 34.5 Å². The second-order valence-corrected chi connectivity index (χ2v) is 8.66. The van der Waals surface area contributed by atoms with E-state index in [1.165, 1.54) is 6.07 Å². The number of carboxylic acid groups (broad SMARTS) is 1. The number of para-hydroxylation sites is 1. The molecule has 0 saturated heterocycles. The lowest BCUT2D eigenvalue weighted by Gasteiger charge is -2.25. The van der Waals surface area contributed by atoms with E-state index in [0.717, 1.165) is 20.6 Å². The summed E-state index contributed by atoms with van der Waals surface area (Å²) in [5.74, 6) is -1.23. The van der Waals surface area contributed by atoms with Crippen LogP contribution in [0.5, 0.6) is 0 Å². The Balaban J connectivity index is 1.89. The second-order valence-electron chi connectivity index (χ2n) is 6.80. The van der Waals surface area contributed by atoms with Crippen molar-refractivity contribution >= 4 is 32.5 Å².